The third-order valence-electron chi connectivity index (χ3n) is 4.29. The minimum atomic E-state index is -0.504. The molecule has 0 aromatic heterocycles. The van der Waals surface area contributed by atoms with E-state index < -0.39 is 6.10 Å². The first kappa shape index (κ1) is 16.9. The van der Waals surface area contributed by atoms with Crippen molar-refractivity contribution in [2.45, 2.75) is 19.1 Å². The van der Waals surface area contributed by atoms with Crippen LogP contribution in [0.15, 0.2) is 24.3 Å². The Morgan fingerprint density at radius 3 is 2.41 bits per heavy atom. The van der Waals surface area contributed by atoms with Crippen LogP contribution in [0.2, 0.25) is 0 Å². The van der Waals surface area contributed by atoms with Gasteiger partial charge in [-0.2, -0.15) is 5.26 Å². The lowest BCUT2D eigenvalue weighted by Crippen LogP contribution is -2.51. The highest BCUT2D eigenvalue weighted by Gasteiger charge is 2.22. The van der Waals surface area contributed by atoms with Crippen molar-refractivity contribution in [1.29, 1.82) is 5.26 Å². The van der Waals surface area contributed by atoms with Crippen LogP contribution in [0.1, 0.15) is 24.2 Å². The van der Waals surface area contributed by atoms with E-state index in [-0.39, 0.29) is 0 Å². The maximum atomic E-state index is 10.3. The number of aliphatic hydroxyl groups excluding tert-OH is 1. The Hall–Kier alpha value is -1.45. The highest BCUT2D eigenvalue weighted by Crippen LogP contribution is 2.16. The zero-order valence-electron chi connectivity index (χ0n) is 13.4. The molecule has 5 heteroatoms. The number of methoxy groups -OCH3 is 1. The fourth-order valence-corrected chi connectivity index (χ4v) is 2.86. The van der Waals surface area contributed by atoms with E-state index in [4.69, 9.17) is 10.00 Å². The summed E-state index contributed by atoms with van der Waals surface area (Å²) in [6.45, 7) is 7.51. The number of hydrogen-bond donors (Lipinski definition) is 1. The van der Waals surface area contributed by atoms with Gasteiger partial charge in [0.1, 0.15) is 0 Å². The molecule has 1 aliphatic rings. The predicted octanol–water partition coefficient (Wildman–Crippen LogP) is 1.24. The van der Waals surface area contributed by atoms with Gasteiger partial charge in [-0.15, -0.1) is 0 Å². The van der Waals surface area contributed by atoms with Crippen LogP contribution in [0.5, 0.6) is 0 Å². The molecule has 0 saturated carbocycles. The van der Waals surface area contributed by atoms with Gasteiger partial charge in [0.2, 0.25) is 0 Å². The molecule has 1 N–H and O–H groups in total. The van der Waals surface area contributed by atoms with Gasteiger partial charge in [0.25, 0.3) is 0 Å². The number of nitriles is 1. The van der Waals surface area contributed by atoms with Crippen molar-refractivity contribution in [2.75, 3.05) is 46.4 Å². The second kappa shape index (κ2) is 8.25. The standard InChI is InChI=1S/C17H25N3O2/c1-14(13-22-2)20-9-7-19(8-10-20)12-17(21)16-5-3-15(11-18)4-6-16/h3-6,14,17,21H,7-10,12-13H2,1-2H3. The smallest absolute Gasteiger partial charge is 0.0991 e. The molecule has 1 heterocycles. The summed E-state index contributed by atoms with van der Waals surface area (Å²) in [7, 11) is 1.74. The van der Waals surface area contributed by atoms with E-state index in [9.17, 15) is 5.11 Å². The minimum Gasteiger partial charge on any atom is -0.387 e. The van der Waals surface area contributed by atoms with E-state index in [0.29, 0.717) is 18.2 Å². The average molecular weight is 303 g/mol. The molecular formula is C17H25N3O2. The number of ether oxygens (including phenoxy) is 1. The minimum absolute atomic E-state index is 0.440. The van der Waals surface area contributed by atoms with Crippen molar-refractivity contribution < 1.29 is 9.84 Å². The van der Waals surface area contributed by atoms with E-state index in [1.54, 1.807) is 19.2 Å². The van der Waals surface area contributed by atoms with E-state index in [0.717, 1.165) is 38.3 Å². The molecule has 0 spiro atoms. The lowest BCUT2D eigenvalue weighted by atomic mass is 10.1. The van der Waals surface area contributed by atoms with Crippen molar-refractivity contribution in [1.82, 2.24) is 9.80 Å². The molecule has 1 aromatic carbocycles. The maximum absolute atomic E-state index is 10.3. The molecule has 2 unspecified atom stereocenters. The van der Waals surface area contributed by atoms with Gasteiger partial charge in [0.15, 0.2) is 0 Å². The normalized spacial score (nSPS) is 19.5. The molecule has 22 heavy (non-hydrogen) atoms. The topological polar surface area (TPSA) is 59.7 Å². The van der Waals surface area contributed by atoms with Gasteiger partial charge in [-0.25, -0.2) is 0 Å². The average Bonchev–Trinajstić information content (AvgIpc) is 2.55. The summed E-state index contributed by atoms with van der Waals surface area (Å²) >= 11 is 0. The molecule has 120 valence electrons. The van der Waals surface area contributed by atoms with Crippen molar-refractivity contribution in [3.63, 3.8) is 0 Å². The van der Waals surface area contributed by atoms with Crippen LogP contribution in [0.25, 0.3) is 0 Å². The number of nitrogens with zero attached hydrogens (tertiary/aromatic N) is 3. The zero-order chi connectivity index (χ0) is 15.9. The van der Waals surface area contributed by atoms with Crippen molar-refractivity contribution in [2.24, 2.45) is 0 Å². The van der Waals surface area contributed by atoms with Gasteiger partial charge >= 0.3 is 0 Å². The van der Waals surface area contributed by atoms with Crippen LogP contribution in [-0.4, -0.2) is 67.4 Å². The van der Waals surface area contributed by atoms with Gasteiger partial charge in [-0.05, 0) is 24.6 Å². The zero-order valence-corrected chi connectivity index (χ0v) is 13.4. The Morgan fingerprint density at radius 1 is 1.23 bits per heavy atom. The van der Waals surface area contributed by atoms with Crippen LogP contribution < -0.4 is 0 Å². The summed E-state index contributed by atoms with van der Waals surface area (Å²) in [5, 5.41) is 19.1. The van der Waals surface area contributed by atoms with Crippen LogP contribution in [0, 0.1) is 11.3 Å². The molecule has 0 bridgehead atoms. The molecule has 5 nitrogen and oxygen atoms in total. The van der Waals surface area contributed by atoms with Gasteiger partial charge in [-0.3, -0.25) is 9.80 Å². The van der Waals surface area contributed by atoms with Crippen LogP contribution in [-0.2, 0) is 4.74 Å². The van der Waals surface area contributed by atoms with Crippen LogP contribution >= 0.6 is 0 Å². The summed E-state index contributed by atoms with van der Waals surface area (Å²) in [4.78, 5) is 4.72. The number of aliphatic hydroxyl groups is 1. The summed E-state index contributed by atoms with van der Waals surface area (Å²) in [5.74, 6) is 0. The molecule has 1 aliphatic heterocycles. The van der Waals surface area contributed by atoms with Crippen LogP contribution in [0.3, 0.4) is 0 Å². The first-order chi connectivity index (χ1) is 10.6. The quantitative estimate of drug-likeness (QED) is 0.857. The Labute approximate surface area is 132 Å². The summed E-state index contributed by atoms with van der Waals surface area (Å²) in [5.41, 5.74) is 1.49. The summed E-state index contributed by atoms with van der Waals surface area (Å²) in [6.07, 6.45) is -0.504. The number of piperazine rings is 1. The first-order valence-corrected chi connectivity index (χ1v) is 7.77. The molecular weight excluding hydrogens is 278 g/mol. The van der Waals surface area contributed by atoms with Gasteiger partial charge in [-0.1, -0.05) is 12.1 Å². The highest BCUT2D eigenvalue weighted by atomic mass is 16.5. The largest absolute Gasteiger partial charge is 0.387 e. The van der Waals surface area contributed by atoms with E-state index in [1.807, 2.05) is 12.1 Å². The van der Waals surface area contributed by atoms with E-state index in [1.165, 1.54) is 0 Å². The monoisotopic (exact) mass is 303 g/mol. The number of hydrogen-bond acceptors (Lipinski definition) is 5. The fourth-order valence-electron chi connectivity index (χ4n) is 2.86. The fraction of sp³-hybridized carbons (Fsp3) is 0.588. The van der Waals surface area contributed by atoms with Gasteiger partial charge in [0, 0.05) is 45.9 Å². The lowest BCUT2D eigenvalue weighted by molar-refractivity contribution is 0.0369. The number of rotatable bonds is 6. The Kier molecular flexibility index (Phi) is 6.34. The summed E-state index contributed by atoms with van der Waals surface area (Å²) in [6, 6.07) is 9.71. The number of β-amino-alcohol motifs (C(OH)–C–C–N with tert-alkyl or cyclic N) is 1. The summed E-state index contributed by atoms with van der Waals surface area (Å²) < 4.78 is 5.21. The van der Waals surface area contributed by atoms with Crippen molar-refractivity contribution in [3.8, 4) is 6.07 Å². The predicted molar refractivity (Wildman–Crippen MR) is 85.5 cm³/mol. The highest BCUT2D eigenvalue weighted by molar-refractivity contribution is 5.32. The molecule has 0 amide bonds. The maximum Gasteiger partial charge on any atom is 0.0991 e. The SMILES string of the molecule is COCC(C)N1CCN(CC(O)c2ccc(C#N)cc2)CC1. The third-order valence-corrected chi connectivity index (χ3v) is 4.29. The Balaban J connectivity index is 1.81. The van der Waals surface area contributed by atoms with Crippen molar-refractivity contribution >= 4 is 0 Å². The second-order valence-corrected chi connectivity index (χ2v) is 5.89. The Morgan fingerprint density at radius 2 is 1.86 bits per heavy atom. The number of benzene rings is 1. The van der Waals surface area contributed by atoms with Crippen LogP contribution in [0.4, 0.5) is 0 Å². The molecule has 1 aromatic rings. The molecule has 1 saturated heterocycles. The molecule has 2 rings (SSSR count). The van der Waals surface area contributed by atoms with E-state index >= 15 is 0 Å². The first-order valence-electron chi connectivity index (χ1n) is 7.77. The van der Waals surface area contributed by atoms with Gasteiger partial charge < -0.3 is 9.84 Å². The lowest BCUT2D eigenvalue weighted by Gasteiger charge is -2.38. The Bertz CT molecular complexity index is 490. The van der Waals surface area contributed by atoms with E-state index in [2.05, 4.69) is 22.8 Å². The van der Waals surface area contributed by atoms with Crippen molar-refractivity contribution in [3.05, 3.63) is 35.4 Å². The molecule has 0 radical (unpaired) electrons. The molecule has 0 aliphatic carbocycles. The second-order valence-electron chi connectivity index (χ2n) is 5.89. The molecule has 1 fully saturated rings. The molecule has 2 atom stereocenters. The van der Waals surface area contributed by atoms with Gasteiger partial charge in [0.05, 0.1) is 24.3 Å². The third kappa shape index (κ3) is 4.52.